The average Bonchev–Trinajstić information content (AvgIpc) is 2.83. The SMILES string of the molecule is O=C(Cn1ncc2cc(Br)c(I)cc21)c1ccccc1. The van der Waals surface area contributed by atoms with Gasteiger partial charge in [0.1, 0.15) is 6.54 Å². The van der Waals surface area contributed by atoms with E-state index in [0.29, 0.717) is 5.56 Å². The van der Waals surface area contributed by atoms with Crippen LogP contribution in [0.3, 0.4) is 0 Å². The highest BCUT2D eigenvalue weighted by Gasteiger charge is 2.11. The zero-order chi connectivity index (χ0) is 14.1. The van der Waals surface area contributed by atoms with E-state index in [2.05, 4.69) is 43.6 Å². The molecule has 3 rings (SSSR count). The molecule has 0 amide bonds. The van der Waals surface area contributed by atoms with Crippen LogP contribution in [0.1, 0.15) is 10.4 Å². The Kier molecular flexibility index (Phi) is 3.89. The van der Waals surface area contributed by atoms with E-state index in [4.69, 9.17) is 0 Å². The van der Waals surface area contributed by atoms with Gasteiger partial charge < -0.3 is 0 Å². The van der Waals surface area contributed by atoms with E-state index >= 15 is 0 Å². The molecule has 0 saturated heterocycles. The molecule has 0 aliphatic rings. The first-order valence-electron chi connectivity index (χ1n) is 6.04. The minimum absolute atomic E-state index is 0.0635. The second-order valence-corrected chi connectivity index (χ2v) is 6.43. The summed E-state index contributed by atoms with van der Waals surface area (Å²) in [5.41, 5.74) is 1.69. The highest BCUT2D eigenvalue weighted by molar-refractivity contribution is 14.1. The molecule has 0 unspecified atom stereocenters. The molecule has 20 heavy (non-hydrogen) atoms. The molecule has 1 heterocycles. The Morgan fingerprint density at radius 1 is 1.25 bits per heavy atom. The van der Waals surface area contributed by atoms with Gasteiger partial charge in [-0.15, -0.1) is 0 Å². The molecule has 0 atom stereocenters. The Balaban J connectivity index is 1.96. The van der Waals surface area contributed by atoms with Crippen molar-refractivity contribution in [2.45, 2.75) is 6.54 Å². The number of carbonyl (C=O) groups excluding carboxylic acids is 1. The van der Waals surface area contributed by atoms with Gasteiger partial charge in [0.2, 0.25) is 0 Å². The molecule has 0 spiro atoms. The van der Waals surface area contributed by atoms with E-state index in [1.807, 2.05) is 42.5 Å². The molecule has 0 saturated carbocycles. The van der Waals surface area contributed by atoms with Crippen LogP contribution in [-0.2, 0) is 6.54 Å². The van der Waals surface area contributed by atoms with Gasteiger partial charge in [-0.3, -0.25) is 9.48 Å². The van der Waals surface area contributed by atoms with Gasteiger partial charge in [0.25, 0.3) is 0 Å². The summed E-state index contributed by atoms with van der Waals surface area (Å²) in [6, 6.07) is 13.4. The minimum Gasteiger partial charge on any atom is -0.292 e. The molecule has 0 aliphatic heterocycles. The topological polar surface area (TPSA) is 34.9 Å². The van der Waals surface area contributed by atoms with Crippen LogP contribution in [0, 0.1) is 3.57 Å². The largest absolute Gasteiger partial charge is 0.292 e. The maximum atomic E-state index is 12.2. The number of hydrogen-bond acceptors (Lipinski definition) is 2. The van der Waals surface area contributed by atoms with Crippen molar-refractivity contribution in [2.75, 3.05) is 0 Å². The second-order valence-electron chi connectivity index (χ2n) is 4.42. The molecule has 0 radical (unpaired) electrons. The summed E-state index contributed by atoms with van der Waals surface area (Å²) < 4.78 is 3.89. The highest BCUT2D eigenvalue weighted by atomic mass is 127. The van der Waals surface area contributed by atoms with Gasteiger partial charge in [0, 0.05) is 19.0 Å². The van der Waals surface area contributed by atoms with Gasteiger partial charge in [-0.05, 0) is 50.7 Å². The van der Waals surface area contributed by atoms with Crippen molar-refractivity contribution in [1.82, 2.24) is 9.78 Å². The normalized spacial score (nSPS) is 10.9. The molecule has 0 N–H and O–H groups in total. The van der Waals surface area contributed by atoms with Crippen molar-refractivity contribution in [3.63, 3.8) is 0 Å². The van der Waals surface area contributed by atoms with Crippen LogP contribution in [0.4, 0.5) is 0 Å². The van der Waals surface area contributed by atoms with Crippen molar-refractivity contribution in [2.24, 2.45) is 0 Å². The Bertz CT molecular complexity index is 783. The number of ketones is 1. The quantitative estimate of drug-likeness (QED) is 0.450. The van der Waals surface area contributed by atoms with Crippen molar-refractivity contribution in [3.8, 4) is 0 Å². The molecule has 3 nitrogen and oxygen atoms in total. The minimum atomic E-state index is 0.0635. The van der Waals surface area contributed by atoms with Crippen LogP contribution in [0.2, 0.25) is 0 Å². The summed E-state index contributed by atoms with van der Waals surface area (Å²) in [7, 11) is 0. The lowest BCUT2D eigenvalue weighted by molar-refractivity contribution is 0.0969. The third-order valence-corrected chi connectivity index (χ3v) is 5.36. The number of rotatable bonds is 3. The number of Topliss-reactive ketones (excluding diaryl/α,β-unsaturated/α-hetero) is 1. The maximum absolute atomic E-state index is 12.2. The first kappa shape index (κ1) is 13.8. The van der Waals surface area contributed by atoms with Crippen LogP contribution < -0.4 is 0 Å². The molecule has 2 aromatic carbocycles. The van der Waals surface area contributed by atoms with Gasteiger partial charge in [-0.2, -0.15) is 5.10 Å². The predicted octanol–water partition coefficient (Wildman–Crippen LogP) is 4.29. The third-order valence-electron chi connectivity index (χ3n) is 3.07. The number of fused-ring (bicyclic) bond motifs is 1. The van der Waals surface area contributed by atoms with Gasteiger partial charge in [0.15, 0.2) is 5.78 Å². The molecular formula is C15H10BrIN2O. The third kappa shape index (κ3) is 2.64. The van der Waals surface area contributed by atoms with Crippen molar-refractivity contribution >= 4 is 55.2 Å². The zero-order valence-corrected chi connectivity index (χ0v) is 14.1. The average molecular weight is 441 g/mol. The van der Waals surface area contributed by atoms with E-state index in [1.54, 1.807) is 10.9 Å². The lowest BCUT2D eigenvalue weighted by atomic mass is 10.1. The summed E-state index contributed by atoms with van der Waals surface area (Å²) in [4.78, 5) is 12.2. The first-order chi connectivity index (χ1) is 9.65. The van der Waals surface area contributed by atoms with Gasteiger partial charge in [-0.25, -0.2) is 0 Å². The number of carbonyl (C=O) groups is 1. The fourth-order valence-electron chi connectivity index (χ4n) is 2.05. The van der Waals surface area contributed by atoms with E-state index in [-0.39, 0.29) is 12.3 Å². The maximum Gasteiger partial charge on any atom is 0.184 e. The van der Waals surface area contributed by atoms with Crippen molar-refractivity contribution in [3.05, 3.63) is 62.3 Å². The Hall–Kier alpha value is -1.21. The first-order valence-corrected chi connectivity index (χ1v) is 7.91. The Labute approximate surface area is 138 Å². The molecule has 1 aromatic heterocycles. The van der Waals surface area contributed by atoms with Gasteiger partial charge in [-0.1, -0.05) is 30.3 Å². The molecule has 3 aromatic rings. The van der Waals surface area contributed by atoms with Crippen LogP contribution in [-0.4, -0.2) is 15.6 Å². The second kappa shape index (κ2) is 5.65. The molecule has 0 fully saturated rings. The highest BCUT2D eigenvalue weighted by Crippen LogP contribution is 2.25. The summed E-state index contributed by atoms with van der Waals surface area (Å²) in [5.74, 6) is 0.0635. The zero-order valence-electron chi connectivity index (χ0n) is 10.4. The fourth-order valence-corrected chi connectivity index (χ4v) is 2.86. The molecule has 5 heteroatoms. The van der Waals surface area contributed by atoms with E-state index in [9.17, 15) is 4.79 Å². The van der Waals surface area contributed by atoms with E-state index in [1.165, 1.54) is 0 Å². The molecule has 100 valence electrons. The number of aromatic nitrogens is 2. The smallest absolute Gasteiger partial charge is 0.184 e. The summed E-state index contributed by atoms with van der Waals surface area (Å²) >= 11 is 5.76. The molecule has 0 bridgehead atoms. The number of nitrogens with zero attached hydrogens (tertiary/aromatic N) is 2. The molecule has 0 aliphatic carbocycles. The number of halogens is 2. The van der Waals surface area contributed by atoms with Crippen molar-refractivity contribution < 1.29 is 4.79 Å². The van der Waals surface area contributed by atoms with E-state index in [0.717, 1.165) is 18.9 Å². The van der Waals surface area contributed by atoms with Crippen LogP contribution in [0.5, 0.6) is 0 Å². The van der Waals surface area contributed by atoms with Gasteiger partial charge in [0.05, 0.1) is 11.7 Å². The predicted molar refractivity (Wildman–Crippen MR) is 90.9 cm³/mol. The molecular weight excluding hydrogens is 431 g/mol. The lowest BCUT2D eigenvalue weighted by Gasteiger charge is -2.04. The van der Waals surface area contributed by atoms with E-state index < -0.39 is 0 Å². The lowest BCUT2D eigenvalue weighted by Crippen LogP contribution is -2.11. The van der Waals surface area contributed by atoms with Crippen LogP contribution >= 0.6 is 38.5 Å². The Morgan fingerprint density at radius 2 is 2.00 bits per heavy atom. The Morgan fingerprint density at radius 3 is 2.75 bits per heavy atom. The standard InChI is InChI=1S/C15H10BrIN2O/c16-12-6-11-8-18-19(14(11)7-13(12)17)9-15(20)10-4-2-1-3-5-10/h1-8H,9H2. The monoisotopic (exact) mass is 440 g/mol. The fraction of sp³-hybridized carbons (Fsp3) is 0.0667. The number of benzene rings is 2. The van der Waals surface area contributed by atoms with Gasteiger partial charge >= 0.3 is 0 Å². The summed E-state index contributed by atoms with van der Waals surface area (Å²) in [5, 5.41) is 5.34. The number of hydrogen-bond donors (Lipinski definition) is 0. The van der Waals surface area contributed by atoms with Crippen LogP contribution in [0.15, 0.2) is 53.1 Å². The van der Waals surface area contributed by atoms with Crippen LogP contribution in [0.25, 0.3) is 10.9 Å². The summed E-state index contributed by atoms with van der Waals surface area (Å²) in [6.45, 7) is 0.255. The van der Waals surface area contributed by atoms with Crippen molar-refractivity contribution in [1.29, 1.82) is 0 Å². The summed E-state index contributed by atoms with van der Waals surface area (Å²) in [6.07, 6.45) is 1.79.